The van der Waals surface area contributed by atoms with E-state index in [0.717, 1.165) is 12.2 Å². The Morgan fingerprint density at radius 2 is 1.80 bits per heavy atom. The zero-order valence-electron chi connectivity index (χ0n) is 12.7. The van der Waals surface area contributed by atoms with Gasteiger partial charge in [-0.2, -0.15) is 0 Å². The average molecular weight is 269 g/mol. The number of benzene rings is 2. The van der Waals surface area contributed by atoms with E-state index in [0.29, 0.717) is 0 Å². The van der Waals surface area contributed by atoms with E-state index in [1.165, 1.54) is 22.3 Å². The summed E-state index contributed by atoms with van der Waals surface area (Å²) in [6.07, 6.45) is 0.956. The van der Waals surface area contributed by atoms with Crippen molar-refractivity contribution in [2.24, 2.45) is 0 Å². The Morgan fingerprint density at radius 3 is 2.45 bits per heavy atom. The van der Waals surface area contributed by atoms with Gasteiger partial charge in [-0.3, -0.25) is 0 Å². The molecule has 0 spiro atoms. The molecule has 1 N–H and O–H groups in total. The predicted molar refractivity (Wildman–Crippen MR) is 84.4 cm³/mol. The molecule has 0 aliphatic heterocycles. The van der Waals surface area contributed by atoms with Crippen molar-refractivity contribution in [2.45, 2.75) is 26.3 Å². The van der Waals surface area contributed by atoms with Gasteiger partial charge in [-0.25, -0.2) is 0 Å². The van der Waals surface area contributed by atoms with Crippen molar-refractivity contribution in [3.05, 3.63) is 64.7 Å². The Hall–Kier alpha value is -1.80. The Kier molecular flexibility index (Phi) is 4.80. The predicted octanol–water partition coefficient (Wildman–Crippen LogP) is 3.82. The molecule has 0 fully saturated rings. The van der Waals surface area contributed by atoms with Gasteiger partial charge in [0.2, 0.25) is 0 Å². The van der Waals surface area contributed by atoms with Crippen molar-refractivity contribution in [1.82, 2.24) is 5.32 Å². The number of aryl methyl sites for hydroxylation is 2. The van der Waals surface area contributed by atoms with Crippen LogP contribution in [0.5, 0.6) is 5.75 Å². The van der Waals surface area contributed by atoms with Gasteiger partial charge in [0.15, 0.2) is 0 Å². The highest BCUT2D eigenvalue weighted by Gasteiger charge is 2.15. The third kappa shape index (κ3) is 3.40. The summed E-state index contributed by atoms with van der Waals surface area (Å²) in [4.78, 5) is 0. The zero-order chi connectivity index (χ0) is 14.5. The summed E-state index contributed by atoms with van der Waals surface area (Å²) in [5.41, 5.74) is 5.07. The van der Waals surface area contributed by atoms with Crippen LogP contribution in [0.4, 0.5) is 0 Å². The average Bonchev–Trinajstić information content (AvgIpc) is 2.45. The molecular formula is C18H23NO. The van der Waals surface area contributed by atoms with Crippen LogP contribution in [0.1, 0.15) is 28.3 Å². The van der Waals surface area contributed by atoms with Crippen molar-refractivity contribution >= 4 is 0 Å². The summed E-state index contributed by atoms with van der Waals surface area (Å²) in [5.74, 6) is 0.956. The third-order valence-corrected chi connectivity index (χ3v) is 3.64. The molecule has 0 heterocycles. The highest BCUT2D eigenvalue weighted by Crippen LogP contribution is 2.28. The maximum absolute atomic E-state index is 5.53. The monoisotopic (exact) mass is 269 g/mol. The van der Waals surface area contributed by atoms with E-state index in [9.17, 15) is 0 Å². The molecule has 0 bridgehead atoms. The summed E-state index contributed by atoms with van der Waals surface area (Å²) >= 11 is 0. The van der Waals surface area contributed by atoms with Gasteiger partial charge in [0, 0.05) is 11.6 Å². The second kappa shape index (κ2) is 6.58. The van der Waals surface area contributed by atoms with Crippen LogP contribution in [-0.2, 0) is 6.42 Å². The van der Waals surface area contributed by atoms with Crippen molar-refractivity contribution in [3.8, 4) is 5.75 Å². The van der Waals surface area contributed by atoms with Gasteiger partial charge in [-0.05, 0) is 44.5 Å². The van der Waals surface area contributed by atoms with Gasteiger partial charge in [0.25, 0.3) is 0 Å². The minimum Gasteiger partial charge on any atom is -0.496 e. The lowest BCUT2D eigenvalue weighted by molar-refractivity contribution is 0.401. The number of ether oxygens (including phenoxy) is 1. The van der Waals surface area contributed by atoms with Gasteiger partial charge in [-0.1, -0.05) is 42.0 Å². The summed E-state index contributed by atoms with van der Waals surface area (Å²) in [7, 11) is 3.73. The molecule has 2 heteroatoms. The van der Waals surface area contributed by atoms with Crippen LogP contribution in [0.25, 0.3) is 0 Å². The van der Waals surface area contributed by atoms with Crippen LogP contribution < -0.4 is 10.1 Å². The minimum atomic E-state index is 0.257. The molecule has 2 aromatic rings. The number of rotatable bonds is 5. The van der Waals surface area contributed by atoms with E-state index in [4.69, 9.17) is 4.74 Å². The Morgan fingerprint density at radius 1 is 1.05 bits per heavy atom. The molecule has 0 amide bonds. The summed E-state index contributed by atoms with van der Waals surface area (Å²) in [6, 6.07) is 15.3. The van der Waals surface area contributed by atoms with E-state index in [-0.39, 0.29) is 6.04 Å². The van der Waals surface area contributed by atoms with Crippen molar-refractivity contribution < 1.29 is 4.74 Å². The molecule has 0 radical (unpaired) electrons. The first-order chi connectivity index (χ1) is 9.63. The summed E-state index contributed by atoms with van der Waals surface area (Å²) in [6.45, 7) is 4.21. The second-order valence-electron chi connectivity index (χ2n) is 5.28. The molecule has 1 unspecified atom stereocenters. The first kappa shape index (κ1) is 14.6. The lowest BCUT2D eigenvalue weighted by atomic mass is 9.96. The fourth-order valence-electron chi connectivity index (χ4n) is 2.55. The van der Waals surface area contributed by atoms with Crippen molar-refractivity contribution in [1.29, 1.82) is 0 Å². The maximum atomic E-state index is 5.53. The fraction of sp³-hybridized carbons (Fsp3) is 0.333. The molecule has 0 aliphatic carbocycles. The number of hydrogen-bond donors (Lipinski definition) is 1. The first-order valence-corrected chi connectivity index (χ1v) is 7.01. The minimum absolute atomic E-state index is 0.257. The first-order valence-electron chi connectivity index (χ1n) is 7.01. The molecule has 0 saturated heterocycles. The molecule has 1 atom stereocenters. The molecule has 0 saturated carbocycles. The van der Waals surface area contributed by atoms with Crippen LogP contribution in [0, 0.1) is 13.8 Å². The van der Waals surface area contributed by atoms with Gasteiger partial charge in [0.1, 0.15) is 5.75 Å². The molecule has 2 aromatic carbocycles. The largest absolute Gasteiger partial charge is 0.496 e. The number of likely N-dealkylation sites (N-methyl/N-ethyl adjacent to an activating group) is 1. The van der Waals surface area contributed by atoms with Gasteiger partial charge in [0.05, 0.1) is 7.11 Å². The number of methoxy groups -OCH3 is 1. The zero-order valence-corrected chi connectivity index (χ0v) is 12.7. The topological polar surface area (TPSA) is 21.3 Å². The van der Waals surface area contributed by atoms with Gasteiger partial charge < -0.3 is 10.1 Å². The lowest BCUT2D eigenvalue weighted by Crippen LogP contribution is -2.19. The Bertz CT molecular complexity index is 577. The smallest absolute Gasteiger partial charge is 0.123 e. The SMILES string of the molecule is CNC(Cc1cccc(C)c1)c1ccc(C)cc1OC. The van der Waals surface area contributed by atoms with E-state index in [2.05, 4.69) is 61.6 Å². The molecule has 2 rings (SSSR count). The van der Waals surface area contributed by atoms with Crippen LogP contribution in [0.2, 0.25) is 0 Å². The molecule has 20 heavy (non-hydrogen) atoms. The van der Waals surface area contributed by atoms with Crippen LogP contribution in [0.15, 0.2) is 42.5 Å². The lowest BCUT2D eigenvalue weighted by Gasteiger charge is -2.20. The number of nitrogens with one attached hydrogen (secondary N) is 1. The van der Waals surface area contributed by atoms with Crippen LogP contribution in [-0.4, -0.2) is 14.2 Å². The molecule has 106 valence electrons. The highest BCUT2D eigenvalue weighted by atomic mass is 16.5. The fourth-order valence-corrected chi connectivity index (χ4v) is 2.55. The quantitative estimate of drug-likeness (QED) is 0.891. The van der Waals surface area contributed by atoms with Crippen LogP contribution >= 0.6 is 0 Å². The third-order valence-electron chi connectivity index (χ3n) is 3.64. The van der Waals surface area contributed by atoms with E-state index < -0.39 is 0 Å². The summed E-state index contributed by atoms with van der Waals surface area (Å²) in [5, 5.41) is 3.40. The molecule has 0 aromatic heterocycles. The van der Waals surface area contributed by atoms with Crippen molar-refractivity contribution in [3.63, 3.8) is 0 Å². The second-order valence-corrected chi connectivity index (χ2v) is 5.28. The maximum Gasteiger partial charge on any atom is 0.123 e. The molecule has 0 aliphatic rings. The van der Waals surface area contributed by atoms with Crippen molar-refractivity contribution in [2.75, 3.05) is 14.2 Å². The molecular weight excluding hydrogens is 246 g/mol. The standard InChI is InChI=1S/C18H23NO/c1-13-6-5-7-15(10-13)12-17(19-3)16-9-8-14(2)11-18(16)20-4/h5-11,17,19H,12H2,1-4H3. The van der Waals surface area contributed by atoms with Gasteiger partial charge >= 0.3 is 0 Å². The number of hydrogen-bond acceptors (Lipinski definition) is 2. The normalized spacial score (nSPS) is 12.2. The Balaban J connectivity index is 2.28. The van der Waals surface area contributed by atoms with E-state index in [1.54, 1.807) is 7.11 Å². The van der Waals surface area contributed by atoms with Gasteiger partial charge in [-0.15, -0.1) is 0 Å². The van der Waals surface area contributed by atoms with E-state index >= 15 is 0 Å². The van der Waals surface area contributed by atoms with Crippen LogP contribution in [0.3, 0.4) is 0 Å². The summed E-state index contributed by atoms with van der Waals surface area (Å²) < 4.78 is 5.53. The highest BCUT2D eigenvalue weighted by molar-refractivity contribution is 5.40. The van der Waals surface area contributed by atoms with E-state index in [1.807, 2.05) is 7.05 Å². The Labute approximate surface area is 121 Å². The molecule has 2 nitrogen and oxygen atoms in total.